The van der Waals surface area contributed by atoms with Gasteiger partial charge in [0, 0.05) is 13.1 Å². The lowest BCUT2D eigenvalue weighted by Crippen LogP contribution is -2.52. The maximum Gasteiger partial charge on any atom is 0.250 e. The number of halogens is 1. The van der Waals surface area contributed by atoms with Crippen LogP contribution < -0.4 is 10.6 Å². The Morgan fingerprint density at radius 3 is 2.70 bits per heavy atom. The molecular formula is C13H20ClN7O2. The molecule has 0 bridgehead atoms. The van der Waals surface area contributed by atoms with E-state index in [1.54, 1.807) is 0 Å². The van der Waals surface area contributed by atoms with E-state index in [0.717, 1.165) is 0 Å². The van der Waals surface area contributed by atoms with Gasteiger partial charge in [-0.25, -0.2) is 4.98 Å². The third kappa shape index (κ3) is 3.67. The summed E-state index contributed by atoms with van der Waals surface area (Å²) in [6.07, 6.45) is 1.37. The molecule has 0 aliphatic carbocycles. The van der Waals surface area contributed by atoms with E-state index >= 15 is 0 Å². The summed E-state index contributed by atoms with van der Waals surface area (Å²) in [4.78, 5) is 20.5. The maximum absolute atomic E-state index is 12.2. The number of H-pyrrole nitrogens is 1. The van der Waals surface area contributed by atoms with Crippen molar-refractivity contribution in [3.8, 4) is 11.6 Å². The van der Waals surface area contributed by atoms with Crippen LogP contribution in [0.15, 0.2) is 10.9 Å². The SMILES string of the molecule is CC(C)(C)C(NC(=O)C1CNC1)c1nc(-c2ncn[nH]2)no1.Cl. The monoisotopic (exact) mass is 341 g/mol. The van der Waals surface area contributed by atoms with E-state index in [1.807, 2.05) is 20.8 Å². The topological polar surface area (TPSA) is 122 Å². The smallest absolute Gasteiger partial charge is 0.250 e. The van der Waals surface area contributed by atoms with Crippen LogP contribution in [0.1, 0.15) is 32.7 Å². The molecule has 1 atom stereocenters. The molecule has 2 aromatic rings. The third-order valence-electron chi connectivity index (χ3n) is 3.62. The Hall–Kier alpha value is -2.00. The normalized spacial score (nSPS) is 16.3. The molecule has 0 radical (unpaired) electrons. The minimum absolute atomic E-state index is 0. The van der Waals surface area contributed by atoms with Crippen molar-refractivity contribution in [2.75, 3.05) is 13.1 Å². The van der Waals surface area contributed by atoms with Crippen molar-refractivity contribution < 1.29 is 9.32 Å². The first kappa shape index (κ1) is 17.4. The van der Waals surface area contributed by atoms with E-state index in [9.17, 15) is 4.79 Å². The highest BCUT2D eigenvalue weighted by molar-refractivity contribution is 5.85. The Kier molecular flexibility index (Phi) is 5.00. The summed E-state index contributed by atoms with van der Waals surface area (Å²) in [5, 5.41) is 16.4. The van der Waals surface area contributed by atoms with Gasteiger partial charge in [-0.2, -0.15) is 10.1 Å². The average molecular weight is 342 g/mol. The fourth-order valence-corrected chi connectivity index (χ4v) is 2.14. The molecule has 3 rings (SSSR count). The van der Waals surface area contributed by atoms with Gasteiger partial charge in [0.1, 0.15) is 12.4 Å². The average Bonchev–Trinajstić information content (AvgIpc) is 3.03. The molecule has 9 nitrogen and oxygen atoms in total. The number of nitrogens with zero attached hydrogens (tertiary/aromatic N) is 4. The molecular weight excluding hydrogens is 322 g/mol. The second kappa shape index (κ2) is 6.63. The van der Waals surface area contributed by atoms with Crippen molar-refractivity contribution in [2.45, 2.75) is 26.8 Å². The number of aromatic amines is 1. The fourth-order valence-electron chi connectivity index (χ4n) is 2.14. The molecule has 1 aliphatic rings. The van der Waals surface area contributed by atoms with E-state index in [-0.39, 0.29) is 35.7 Å². The van der Waals surface area contributed by atoms with E-state index in [1.165, 1.54) is 6.33 Å². The van der Waals surface area contributed by atoms with Crippen LogP contribution in [0.25, 0.3) is 11.6 Å². The molecule has 126 valence electrons. The van der Waals surface area contributed by atoms with Gasteiger partial charge < -0.3 is 15.2 Å². The van der Waals surface area contributed by atoms with Crippen molar-refractivity contribution in [3.05, 3.63) is 12.2 Å². The van der Waals surface area contributed by atoms with Crippen LogP contribution >= 0.6 is 12.4 Å². The van der Waals surface area contributed by atoms with E-state index in [2.05, 4.69) is 36.0 Å². The molecule has 0 aromatic carbocycles. The van der Waals surface area contributed by atoms with Gasteiger partial charge in [-0.1, -0.05) is 25.9 Å². The first-order valence-electron chi connectivity index (χ1n) is 7.15. The molecule has 23 heavy (non-hydrogen) atoms. The molecule has 0 saturated carbocycles. The maximum atomic E-state index is 12.2. The van der Waals surface area contributed by atoms with Crippen LogP contribution in [0.2, 0.25) is 0 Å². The largest absolute Gasteiger partial charge is 0.343 e. The lowest BCUT2D eigenvalue weighted by Gasteiger charge is -2.32. The summed E-state index contributed by atoms with van der Waals surface area (Å²) in [6.45, 7) is 7.44. The Balaban J connectivity index is 0.00000192. The van der Waals surface area contributed by atoms with Crippen molar-refractivity contribution in [3.63, 3.8) is 0 Å². The van der Waals surface area contributed by atoms with Crippen LogP contribution in [0.5, 0.6) is 0 Å². The summed E-state index contributed by atoms with van der Waals surface area (Å²) in [7, 11) is 0. The van der Waals surface area contributed by atoms with Crippen LogP contribution in [0.4, 0.5) is 0 Å². The number of aromatic nitrogens is 5. The minimum Gasteiger partial charge on any atom is -0.343 e. The van der Waals surface area contributed by atoms with Gasteiger partial charge in [-0.15, -0.1) is 12.4 Å². The van der Waals surface area contributed by atoms with Crippen molar-refractivity contribution in [1.29, 1.82) is 0 Å². The Morgan fingerprint density at radius 2 is 2.17 bits per heavy atom. The molecule has 1 amide bonds. The number of carbonyl (C=O) groups is 1. The van der Waals surface area contributed by atoms with E-state index in [0.29, 0.717) is 30.6 Å². The van der Waals surface area contributed by atoms with Gasteiger partial charge in [-0.3, -0.25) is 9.89 Å². The summed E-state index contributed by atoms with van der Waals surface area (Å²) < 4.78 is 5.33. The number of nitrogens with one attached hydrogen (secondary N) is 3. The van der Waals surface area contributed by atoms with Gasteiger partial charge in [0.25, 0.3) is 0 Å². The zero-order chi connectivity index (χ0) is 15.7. The molecule has 1 aliphatic heterocycles. The van der Waals surface area contributed by atoms with Crippen LogP contribution in [0, 0.1) is 11.3 Å². The Bertz CT molecular complexity index is 646. The second-order valence-electron chi connectivity index (χ2n) is 6.45. The Labute approximate surface area is 139 Å². The molecule has 3 heterocycles. The third-order valence-corrected chi connectivity index (χ3v) is 3.62. The molecule has 1 fully saturated rings. The second-order valence-corrected chi connectivity index (χ2v) is 6.45. The predicted octanol–water partition coefficient (Wildman–Crippen LogP) is 0.699. The summed E-state index contributed by atoms with van der Waals surface area (Å²) >= 11 is 0. The number of hydrogen-bond acceptors (Lipinski definition) is 7. The van der Waals surface area contributed by atoms with Crippen molar-refractivity contribution in [1.82, 2.24) is 36.0 Å². The van der Waals surface area contributed by atoms with Gasteiger partial charge in [0.15, 0.2) is 5.82 Å². The Morgan fingerprint density at radius 1 is 1.43 bits per heavy atom. The summed E-state index contributed by atoms with van der Waals surface area (Å²) in [5.74, 6) is 1.11. The van der Waals surface area contributed by atoms with Gasteiger partial charge >= 0.3 is 0 Å². The van der Waals surface area contributed by atoms with E-state index in [4.69, 9.17) is 4.52 Å². The predicted molar refractivity (Wildman–Crippen MR) is 83.6 cm³/mol. The standard InChI is InChI=1S/C13H19N7O2.ClH/c1-13(2,3)8(17-11(21)7-4-14-5-7)12-18-10(20-22-12)9-15-6-16-19-9;/h6-8,14H,4-5H2,1-3H3,(H,17,21)(H,15,16,19);1H. The number of amides is 1. The van der Waals surface area contributed by atoms with E-state index < -0.39 is 0 Å². The molecule has 0 spiro atoms. The van der Waals surface area contributed by atoms with Crippen LogP contribution in [-0.4, -0.2) is 44.3 Å². The minimum atomic E-state index is -0.371. The highest BCUT2D eigenvalue weighted by atomic mass is 35.5. The fraction of sp³-hybridized carbons (Fsp3) is 0.615. The first-order valence-corrected chi connectivity index (χ1v) is 7.15. The molecule has 1 saturated heterocycles. The first-order chi connectivity index (χ1) is 10.4. The zero-order valence-corrected chi connectivity index (χ0v) is 14.0. The number of carbonyl (C=O) groups excluding carboxylic acids is 1. The van der Waals surface area contributed by atoms with Crippen molar-refractivity contribution >= 4 is 18.3 Å². The van der Waals surface area contributed by atoms with Gasteiger partial charge in [-0.05, 0) is 5.41 Å². The highest BCUT2D eigenvalue weighted by Crippen LogP contribution is 2.32. The molecule has 10 heteroatoms. The highest BCUT2D eigenvalue weighted by Gasteiger charge is 2.36. The molecule has 1 unspecified atom stereocenters. The lowest BCUT2D eigenvalue weighted by molar-refractivity contribution is -0.128. The van der Waals surface area contributed by atoms with Crippen LogP contribution in [0.3, 0.4) is 0 Å². The van der Waals surface area contributed by atoms with Crippen LogP contribution in [-0.2, 0) is 4.79 Å². The number of hydrogen-bond donors (Lipinski definition) is 3. The van der Waals surface area contributed by atoms with Gasteiger partial charge in [0.05, 0.1) is 5.92 Å². The van der Waals surface area contributed by atoms with Crippen molar-refractivity contribution in [2.24, 2.45) is 11.3 Å². The quantitative estimate of drug-likeness (QED) is 0.748. The van der Waals surface area contributed by atoms with Gasteiger partial charge in [0.2, 0.25) is 17.6 Å². The lowest BCUT2D eigenvalue weighted by atomic mass is 9.86. The zero-order valence-electron chi connectivity index (χ0n) is 13.2. The summed E-state index contributed by atoms with van der Waals surface area (Å²) in [5.41, 5.74) is -0.266. The molecule has 3 N–H and O–H groups in total. The molecule has 2 aromatic heterocycles. The summed E-state index contributed by atoms with van der Waals surface area (Å²) in [6, 6.07) is -0.371. The number of rotatable bonds is 4.